The summed E-state index contributed by atoms with van der Waals surface area (Å²) >= 11 is 0. The molecule has 0 aromatic heterocycles. The molecule has 1 N–H and O–H groups in total. The first kappa shape index (κ1) is 15.6. The largest absolute Gasteiger partial charge is 0.497 e. The number of benzene rings is 2. The van der Waals surface area contributed by atoms with Crippen LogP contribution in [0.25, 0.3) is 0 Å². The molecular formula is C19H20O4. The number of hydrogen-bond donors (Lipinski definition) is 1. The highest BCUT2D eigenvalue weighted by molar-refractivity contribution is 5.40. The molecule has 1 heterocycles. The van der Waals surface area contributed by atoms with Gasteiger partial charge in [-0.05, 0) is 41.5 Å². The van der Waals surface area contributed by atoms with Crippen LogP contribution in [0.15, 0.2) is 60.7 Å². The highest BCUT2D eigenvalue weighted by atomic mass is 16.5. The molecule has 3 rings (SSSR count). The van der Waals surface area contributed by atoms with Gasteiger partial charge >= 0.3 is 0 Å². The third-order valence-electron chi connectivity index (χ3n) is 4.06. The minimum absolute atomic E-state index is 0.453. The first-order valence-electron chi connectivity index (χ1n) is 7.47. The summed E-state index contributed by atoms with van der Waals surface area (Å²) in [4.78, 5) is 0. The number of aliphatic hydroxyl groups is 1. The van der Waals surface area contributed by atoms with Gasteiger partial charge in [0.15, 0.2) is 0 Å². The third kappa shape index (κ3) is 2.96. The Balaban J connectivity index is 2.06. The first-order valence-corrected chi connectivity index (χ1v) is 7.47. The summed E-state index contributed by atoms with van der Waals surface area (Å²) in [7, 11) is 3.23. The second kappa shape index (κ2) is 6.44. The Morgan fingerprint density at radius 3 is 2.48 bits per heavy atom. The molecule has 2 aromatic rings. The average molecular weight is 312 g/mol. The molecular weight excluding hydrogens is 292 g/mol. The summed E-state index contributed by atoms with van der Waals surface area (Å²) in [6, 6.07) is 15.0. The maximum atomic E-state index is 11.3. The van der Waals surface area contributed by atoms with Gasteiger partial charge in [0.2, 0.25) is 0 Å². The second-order valence-electron chi connectivity index (χ2n) is 5.45. The summed E-state index contributed by atoms with van der Waals surface area (Å²) in [5.74, 6) is 1.42. The van der Waals surface area contributed by atoms with Crippen molar-refractivity contribution in [3.63, 3.8) is 0 Å². The lowest BCUT2D eigenvalue weighted by Crippen LogP contribution is -2.36. The van der Waals surface area contributed by atoms with E-state index in [9.17, 15) is 5.11 Å². The van der Waals surface area contributed by atoms with Crippen molar-refractivity contribution in [2.24, 2.45) is 0 Å². The quantitative estimate of drug-likeness (QED) is 0.881. The molecule has 120 valence electrons. The van der Waals surface area contributed by atoms with Crippen LogP contribution in [-0.4, -0.2) is 25.9 Å². The zero-order valence-corrected chi connectivity index (χ0v) is 13.2. The predicted octanol–water partition coefficient (Wildman–Crippen LogP) is 3.22. The fraction of sp³-hybridized carbons (Fsp3) is 0.263. The smallest absolute Gasteiger partial charge is 0.138 e. The summed E-state index contributed by atoms with van der Waals surface area (Å²) < 4.78 is 16.4. The molecule has 0 amide bonds. The fourth-order valence-electron chi connectivity index (χ4n) is 2.87. The van der Waals surface area contributed by atoms with Gasteiger partial charge in [0.05, 0.1) is 20.8 Å². The van der Waals surface area contributed by atoms with Crippen molar-refractivity contribution in [2.75, 3.05) is 20.8 Å². The molecule has 0 bridgehead atoms. The van der Waals surface area contributed by atoms with Crippen LogP contribution in [-0.2, 0) is 10.3 Å². The van der Waals surface area contributed by atoms with Gasteiger partial charge in [-0.25, -0.2) is 0 Å². The van der Waals surface area contributed by atoms with E-state index in [1.165, 1.54) is 0 Å². The van der Waals surface area contributed by atoms with Crippen LogP contribution in [0, 0.1) is 0 Å². The van der Waals surface area contributed by atoms with Gasteiger partial charge in [0.25, 0.3) is 0 Å². The van der Waals surface area contributed by atoms with Crippen molar-refractivity contribution in [1.82, 2.24) is 0 Å². The first-order chi connectivity index (χ1) is 11.2. The SMILES string of the molecule is COc1cccc([C@H]2OCC=C[C@]2(O)c2cccc(OC)c2)c1. The van der Waals surface area contributed by atoms with E-state index in [-0.39, 0.29) is 0 Å². The standard InChI is InChI=1S/C19H20O4/c1-21-16-8-3-6-14(12-16)18-19(20,10-5-11-23-18)15-7-4-9-17(13-15)22-2/h3-10,12-13,18,20H,11H2,1-2H3/t18-,19+/m1/s1. The lowest BCUT2D eigenvalue weighted by Gasteiger charge is -2.37. The maximum absolute atomic E-state index is 11.3. The molecule has 2 aromatic carbocycles. The van der Waals surface area contributed by atoms with E-state index in [4.69, 9.17) is 14.2 Å². The fourth-order valence-corrected chi connectivity index (χ4v) is 2.87. The van der Waals surface area contributed by atoms with Crippen molar-refractivity contribution in [3.8, 4) is 11.5 Å². The summed E-state index contributed by atoms with van der Waals surface area (Å²) in [5.41, 5.74) is 0.318. The zero-order valence-electron chi connectivity index (χ0n) is 13.2. The van der Waals surface area contributed by atoms with E-state index in [2.05, 4.69) is 0 Å². The zero-order chi connectivity index (χ0) is 16.3. The van der Waals surface area contributed by atoms with Gasteiger partial charge in [0, 0.05) is 0 Å². The van der Waals surface area contributed by atoms with E-state index in [1.807, 2.05) is 54.6 Å². The number of ether oxygens (including phenoxy) is 3. The Kier molecular flexibility index (Phi) is 4.37. The Hall–Kier alpha value is -2.30. The van der Waals surface area contributed by atoms with Crippen LogP contribution in [0.3, 0.4) is 0 Å². The van der Waals surface area contributed by atoms with Gasteiger partial charge in [-0.2, -0.15) is 0 Å². The lowest BCUT2D eigenvalue weighted by atomic mass is 9.82. The minimum Gasteiger partial charge on any atom is -0.497 e. The summed E-state index contributed by atoms with van der Waals surface area (Å²) in [6.07, 6.45) is 3.10. The average Bonchev–Trinajstić information content (AvgIpc) is 2.62. The second-order valence-corrected chi connectivity index (χ2v) is 5.45. The molecule has 23 heavy (non-hydrogen) atoms. The van der Waals surface area contributed by atoms with Crippen molar-refractivity contribution in [3.05, 3.63) is 71.8 Å². The number of rotatable bonds is 4. The number of methoxy groups -OCH3 is 2. The summed E-state index contributed by atoms with van der Waals surface area (Å²) in [5, 5.41) is 11.3. The topological polar surface area (TPSA) is 47.9 Å². The van der Waals surface area contributed by atoms with Crippen molar-refractivity contribution >= 4 is 0 Å². The van der Waals surface area contributed by atoms with Crippen molar-refractivity contribution in [1.29, 1.82) is 0 Å². The van der Waals surface area contributed by atoms with Crippen LogP contribution in [0.1, 0.15) is 17.2 Å². The Labute approximate surface area is 135 Å². The molecule has 0 saturated heterocycles. The molecule has 4 nitrogen and oxygen atoms in total. The minimum atomic E-state index is -1.26. The van der Waals surface area contributed by atoms with E-state index in [0.717, 1.165) is 16.9 Å². The van der Waals surface area contributed by atoms with E-state index in [0.29, 0.717) is 12.4 Å². The Morgan fingerprint density at radius 2 is 1.74 bits per heavy atom. The molecule has 0 spiro atoms. The molecule has 1 aliphatic rings. The van der Waals surface area contributed by atoms with Crippen LogP contribution >= 0.6 is 0 Å². The molecule has 0 radical (unpaired) electrons. The van der Waals surface area contributed by atoms with Crippen LogP contribution in [0.5, 0.6) is 11.5 Å². The third-order valence-corrected chi connectivity index (χ3v) is 4.06. The van der Waals surface area contributed by atoms with E-state index >= 15 is 0 Å². The monoisotopic (exact) mass is 312 g/mol. The van der Waals surface area contributed by atoms with Gasteiger partial charge in [-0.15, -0.1) is 0 Å². The highest BCUT2D eigenvalue weighted by Crippen LogP contribution is 2.42. The molecule has 0 aliphatic carbocycles. The number of hydrogen-bond acceptors (Lipinski definition) is 4. The van der Waals surface area contributed by atoms with Crippen LogP contribution < -0.4 is 9.47 Å². The van der Waals surface area contributed by atoms with Gasteiger partial charge in [-0.1, -0.05) is 30.3 Å². The molecule has 0 unspecified atom stereocenters. The maximum Gasteiger partial charge on any atom is 0.138 e. The molecule has 1 aliphatic heterocycles. The normalized spacial score (nSPS) is 23.5. The Morgan fingerprint density at radius 1 is 1.04 bits per heavy atom. The van der Waals surface area contributed by atoms with E-state index < -0.39 is 11.7 Å². The highest BCUT2D eigenvalue weighted by Gasteiger charge is 2.40. The molecule has 4 heteroatoms. The van der Waals surface area contributed by atoms with Crippen molar-refractivity contribution in [2.45, 2.75) is 11.7 Å². The van der Waals surface area contributed by atoms with Gasteiger partial charge in [0.1, 0.15) is 23.2 Å². The van der Waals surface area contributed by atoms with E-state index in [1.54, 1.807) is 20.3 Å². The Bertz CT molecular complexity index is 710. The van der Waals surface area contributed by atoms with Crippen molar-refractivity contribution < 1.29 is 19.3 Å². The molecule has 0 fully saturated rings. The van der Waals surface area contributed by atoms with Crippen LogP contribution in [0.2, 0.25) is 0 Å². The summed E-state index contributed by atoms with van der Waals surface area (Å²) in [6.45, 7) is 0.453. The van der Waals surface area contributed by atoms with Crippen LogP contribution in [0.4, 0.5) is 0 Å². The molecule has 0 saturated carbocycles. The van der Waals surface area contributed by atoms with Gasteiger partial charge in [-0.3, -0.25) is 0 Å². The lowest BCUT2D eigenvalue weighted by molar-refractivity contribution is -0.0911. The predicted molar refractivity (Wildman–Crippen MR) is 87.7 cm³/mol. The molecule has 2 atom stereocenters. The van der Waals surface area contributed by atoms with Gasteiger partial charge < -0.3 is 19.3 Å².